The molecule has 21 heavy (non-hydrogen) atoms. The quantitative estimate of drug-likeness (QED) is 0.742. The fraction of sp³-hybridized carbons (Fsp3) is 0.250. The van der Waals surface area contributed by atoms with Gasteiger partial charge < -0.3 is 9.30 Å². The Bertz CT molecular complexity index is 803. The van der Waals surface area contributed by atoms with E-state index in [0.717, 1.165) is 27.5 Å². The molecule has 0 N–H and O–H groups in total. The van der Waals surface area contributed by atoms with Crippen molar-refractivity contribution in [2.45, 2.75) is 13.8 Å². The summed E-state index contributed by atoms with van der Waals surface area (Å²) < 4.78 is 2.03. The first-order chi connectivity index (χ1) is 10.1. The molecule has 1 amide bonds. The molecular formula is C16H17N3OS. The Balaban J connectivity index is 2.21. The average Bonchev–Trinajstić information content (AvgIpc) is 3.09. The molecule has 3 heterocycles. The molecule has 0 unspecified atom stereocenters. The lowest BCUT2D eigenvalue weighted by molar-refractivity contribution is 0.0804. The smallest absolute Gasteiger partial charge is 0.255 e. The van der Waals surface area contributed by atoms with Crippen LogP contribution in [0.2, 0.25) is 0 Å². The minimum Gasteiger partial charge on any atom is -0.342 e. The third kappa shape index (κ3) is 2.34. The molecule has 0 radical (unpaired) electrons. The predicted octanol–water partition coefficient (Wildman–Crippen LogP) is 3.46. The first kappa shape index (κ1) is 13.8. The molecule has 0 fully saturated rings. The van der Waals surface area contributed by atoms with Gasteiger partial charge in [-0.1, -0.05) is 6.07 Å². The summed E-state index contributed by atoms with van der Waals surface area (Å²) in [5, 5.41) is 3.05. The second-order valence-electron chi connectivity index (χ2n) is 4.97. The van der Waals surface area contributed by atoms with Gasteiger partial charge in [-0.2, -0.15) is 0 Å². The van der Waals surface area contributed by atoms with E-state index >= 15 is 0 Å². The molecule has 0 aliphatic rings. The normalized spacial score (nSPS) is 11.0. The molecule has 0 atom stereocenters. The van der Waals surface area contributed by atoms with Crippen LogP contribution in [-0.4, -0.2) is 33.8 Å². The summed E-state index contributed by atoms with van der Waals surface area (Å²) in [5.74, 6) is 0.0411. The Morgan fingerprint density at radius 2 is 2.24 bits per heavy atom. The third-order valence-electron chi connectivity index (χ3n) is 3.61. The predicted molar refractivity (Wildman–Crippen MR) is 85.9 cm³/mol. The number of aryl methyl sites for hydroxylation is 1. The number of hydrogen-bond donors (Lipinski definition) is 0. The number of pyridine rings is 1. The fourth-order valence-corrected chi connectivity index (χ4v) is 2.96. The minimum absolute atomic E-state index is 0.0411. The zero-order chi connectivity index (χ0) is 15.0. The molecule has 3 aromatic rings. The molecule has 4 nitrogen and oxygen atoms in total. The van der Waals surface area contributed by atoms with E-state index < -0.39 is 0 Å². The van der Waals surface area contributed by atoms with E-state index in [1.54, 1.807) is 16.2 Å². The molecular weight excluding hydrogens is 282 g/mol. The van der Waals surface area contributed by atoms with Gasteiger partial charge in [0.05, 0.1) is 27.5 Å². The summed E-state index contributed by atoms with van der Waals surface area (Å²) in [7, 11) is 1.82. The van der Waals surface area contributed by atoms with Crippen LogP contribution in [-0.2, 0) is 0 Å². The first-order valence-electron chi connectivity index (χ1n) is 6.90. The van der Waals surface area contributed by atoms with E-state index in [2.05, 4.69) is 4.98 Å². The van der Waals surface area contributed by atoms with Crippen LogP contribution in [0.3, 0.4) is 0 Å². The summed E-state index contributed by atoms with van der Waals surface area (Å²) in [4.78, 5) is 18.8. The summed E-state index contributed by atoms with van der Waals surface area (Å²) >= 11 is 1.62. The van der Waals surface area contributed by atoms with E-state index in [0.29, 0.717) is 6.54 Å². The van der Waals surface area contributed by atoms with Gasteiger partial charge in [0.25, 0.3) is 5.91 Å². The van der Waals surface area contributed by atoms with Gasteiger partial charge in [-0.05, 0) is 32.0 Å². The Morgan fingerprint density at radius 3 is 2.90 bits per heavy atom. The zero-order valence-electron chi connectivity index (χ0n) is 12.3. The van der Waals surface area contributed by atoms with Crippen LogP contribution in [0.1, 0.15) is 22.3 Å². The number of thiazole rings is 1. The lowest BCUT2D eigenvalue weighted by Crippen LogP contribution is -2.25. The second kappa shape index (κ2) is 5.33. The number of hydrogen-bond acceptors (Lipinski definition) is 3. The number of fused-ring (bicyclic) bond motifs is 1. The summed E-state index contributed by atoms with van der Waals surface area (Å²) in [6.45, 7) is 4.65. The van der Waals surface area contributed by atoms with E-state index in [1.165, 1.54) is 0 Å². The first-order valence-corrected chi connectivity index (χ1v) is 7.78. The molecule has 3 aromatic heterocycles. The summed E-state index contributed by atoms with van der Waals surface area (Å²) in [5.41, 5.74) is 3.52. The molecule has 0 saturated carbocycles. The van der Waals surface area contributed by atoms with Crippen molar-refractivity contribution < 1.29 is 4.79 Å². The van der Waals surface area contributed by atoms with Crippen molar-refractivity contribution in [1.29, 1.82) is 0 Å². The van der Waals surface area contributed by atoms with Gasteiger partial charge in [0, 0.05) is 25.2 Å². The molecule has 0 aliphatic carbocycles. The number of aromatic nitrogens is 2. The molecule has 0 aromatic carbocycles. The highest BCUT2D eigenvalue weighted by molar-refractivity contribution is 7.09. The highest BCUT2D eigenvalue weighted by Crippen LogP contribution is 2.27. The van der Waals surface area contributed by atoms with Crippen LogP contribution < -0.4 is 0 Å². The van der Waals surface area contributed by atoms with Crippen molar-refractivity contribution >= 4 is 22.8 Å². The van der Waals surface area contributed by atoms with E-state index in [9.17, 15) is 4.79 Å². The van der Waals surface area contributed by atoms with E-state index in [1.807, 2.05) is 61.1 Å². The highest BCUT2D eigenvalue weighted by atomic mass is 32.1. The van der Waals surface area contributed by atoms with Crippen LogP contribution in [0.5, 0.6) is 0 Å². The molecule has 0 aliphatic heterocycles. The maximum absolute atomic E-state index is 12.5. The van der Waals surface area contributed by atoms with Crippen LogP contribution in [0.25, 0.3) is 16.9 Å². The van der Waals surface area contributed by atoms with Crippen molar-refractivity contribution in [3.05, 3.63) is 46.4 Å². The summed E-state index contributed by atoms with van der Waals surface area (Å²) in [6, 6.07) is 7.83. The topological polar surface area (TPSA) is 37.6 Å². The number of amides is 1. The van der Waals surface area contributed by atoms with Crippen molar-refractivity contribution in [2.24, 2.45) is 0 Å². The van der Waals surface area contributed by atoms with Gasteiger partial charge in [0.1, 0.15) is 0 Å². The molecule has 108 valence electrons. The van der Waals surface area contributed by atoms with Crippen molar-refractivity contribution in [3.63, 3.8) is 0 Å². The lowest BCUT2D eigenvalue weighted by Gasteiger charge is -2.13. The molecule has 3 rings (SSSR count). The van der Waals surface area contributed by atoms with Gasteiger partial charge in [-0.3, -0.25) is 4.79 Å². The van der Waals surface area contributed by atoms with Crippen LogP contribution in [0.4, 0.5) is 0 Å². The number of carbonyl (C=O) groups is 1. The summed E-state index contributed by atoms with van der Waals surface area (Å²) in [6.07, 6.45) is 1.97. The van der Waals surface area contributed by atoms with Crippen molar-refractivity contribution in [2.75, 3.05) is 13.6 Å². The Kier molecular flexibility index (Phi) is 3.51. The zero-order valence-corrected chi connectivity index (χ0v) is 13.1. The number of carbonyl (C=O) groups excluding carboxylic acids is 1. The highest BCUT2D eigenvalue weighted by Gasteiger charge is 2.19. The van der Waals surface area contributed by atoms with Gasteiger partial charge in [-0.25, -0.2) is 4.98 Å². The Morgan fingerprint density at radius 1 is 1.43 bits per heavy atom. The van der Waals surface area contributed by atoms with Crippen molar-refractivity contribution in [1.82, 2.24) is 14.3 Å². The maximum atomic E-state index is 12.5. The van der Waals surface area contributed by atoms with Crippen LogP contribution >= 0.6 is 11.3 Å². The van der Waals surface area contributed by atoms with Gasteiger partial charge >= 0.3 is 0 Å². The van der Waals surface area contributed by atoms with Crippen molar-refractivity contribution in [3.8, 4) is 11.4 Å². The number of rotatable bonds is 3. The fourth-order valence-electron chi connectivity index (χ4n) is 2.35. The van der Waals surface area contributed by atoms with E-state index in [4.69, 9.17) is 0 Å². The Hall–Kier alpha value is -2.14. The van der Waals surface area contributed by atoms with Crippen LogP contribution in [0, 0.1) is 6.92 Å². The molecule has 0 bridgehead atoms. The van der Waals surface area contributed by atoms with E-state index in [-0.39, 0.29) is 5.91 Å². The molecule has 0 spiro atoms. The van der Waals surface area contributed by atoms with Gasteiger partial charge in [-0.15, -0.1) is 11.3 Å². The van der Waals surface area contributed by atoms with Gasteiger partial charge in [0.2, 0.25) is 0 Å². The second-order valence-corrected chi connectivity index (χ2v) is 6.03. The SMILES string of the molecule is CCN(C)C(=O)c1cc(-c2csc(C)n2)n2ccccc12. The standard InChI is InChI=1S/C16H17N3OS/c1-4-18(3)16(20)12-9-15(13-10-21-11(2)17-13)19-8-6-5-7-14(12)19/h5-10H,4H2,1-3H3. The Labute approximate surface area is 127 Å². The minimum atomic E-state index is 0.0411. The largest absolute Gasteiger partial charge is 0.342 e. The molecule has 5 heteroatoms. The molecule has 0 saturated heterocycles. The monoisotopic (exact) mass is 299 g/mol. The maximum Gasteiger partial charge on any atom is 0.255 e. The lowest BCUT2D eigenvalue weighted by atomic mass is 10.2. The average molecular weight is 299 g/mol. The third-order valence-corrected chi connectivity index (χ3v) is 4.38. The van der Waals surface area contributed by atoms with Crippen LogP contribution in [0.15, 0.2) is 35.8 Å². The van der Waals surface area contributed by atoms with Gasteiger partial charge in [0.15, 0.2) is 0 Å². The number of nitrogens with zero attached hydrogens (tertiary/aromatic N) is 3.